The summed E-state index contributed by atoms with van der Waals surface area (Å²) in [5.41, 5.74) is 16.2. The van der Waals surface area contributed by atoms with Crippen LogP contribution in [0.4, 0.5) is 17.1 Å². The zero-order chi connectivity index (χ0) is 8.27. The Morgan fingerprint density at radius 1 is 1.45 bits per heavy atom. The van der Waals surface area contributed by atoms with Crippen molar-refractivity contribution in [2.45, 2.75) is 0 Å². The second-order valence-corrected chi connectivity index (χ2v) is 2.03. The summed E-state index contributed by atoms with van der Waals surface area (Å²) in [6, 6.07) is 4.90. The predicted molar refractivity (Wildman–Crippen MR) is 43.5 cm³/mol. The molecule has 0 aliphatic carbocycles. The minimum atomic E-state index is 0.474. The van der Waals surface area contributed by atoms with E-state index in [1.165, 1.54) is 0 Å². The van der Waals surface area contributed by atoms with E-state index in [2.05, 4.69) is 10.5 Å². The van der Waals surface area contributed by atoms with Gasteiger partial charge in [0.15, 0.2) is 0 Å². The van der Waals surface area contributed by atoms with E-state index >= 15 is 0 Å². The highest BCUT2D eigenvalue weighted by molar-refractivity contribution is 5.69. The lowest BCUT2D eigenvalue weighted by Crippen LogP contribution is -2.07. The van der Waals surface area contributed by atoms with Gasteiger partial charge in [-0.05, 0) is 18.2 Å². The minimum Gasteiger partial charge on any atom is -0.399 e. The van der Waals surface area contributed by atoms with Crippen LogP contribution in [0.5, 0.6) is 0 Å². The molecule has 1 aromatic rings. The number of anilines is 2. The van der Waals surface area contributed by atoms with Crippen molar-refractivity contribution < 1.29 is 0 Å². The second kappa shape index (κ2) is 2.98. The van der Waals surface area contributed by atoms with E-state index in [-0.39, 0.29) is 0 Å². The molecule has 1 rings (SSSR count). The fourth-order valence-electron chi connectivity index (χ4n) is 0.767. The third-order valence-electron chi connectivity index (χ3n) is 1.30. The van der Waals surface area contributed by atoms with Gasteiger partial charge in [-0.3, -0.25) is 5.84 Å². The van der Waals surface area contributed by atoms with Crippen LogP contribution in [0.25, 0.3) is 0 Å². The number of nitrogen functional groups attached to an aromatic ring is 2. The molecule has 0 aliphatic rings. The quantitative estimate of drug-likeness (QED) is 0.221. The summed E-state index contributed by atoms with van der Waals surface area (Å²) in [7, 11) is 0. The summed E-state index contributed by atoms with van der Waals surface area (Å²) in [5, 5.41) is 3.23. The van der Waals surface area contributed by atoms with E-state index in [1.54, 1.807) is 18.2 Å². The Labute approximate surface area is 63.9 Å². The number of hydrogen-bond donors (Lipinski definition) is 4. The molecular formula is C6H9N5. The monoisotopic (exact) mass is 151 g/mol. The van der Waals surface area contributed by atoms with Gasteiger partial charge in [0.05, 0.1) is 5.69 Å². The summed E-state index contributed by atoms with van der Waals surface area (Å²) < 4.78 is 0. The normalized spacial score (nSPS) is 9.18. The number of hydrogen-bond acceptors (Lipinski definition) is 5. The smallest absolute Gasteiger partial charge is 0.110 e. The van der Waals surface area contributed by atoms with Crippen LogP contribution in [0.1, 0.15) is 0 Å². The van der Waals surface area contributed by atoms with Gasteiger partial charge in [0.1, 0.15) is 5.69 Å². The number of nitrogens with one attached hydrogen (secondary N) is 2. The van der Waals surface area contributed by atoms with E-state index < -0.39 is 0 Å². The van der Waals surface area contributed by atoms with Gasteiger partial charge in [0.2, 0.25) is 0 Å². The Bertz CT molecular complexity index is 270. The molecule has 0 aliphatic heterocycles. The maximum absolute atomic E-state index is 6.75. The molecule has 1 aromatic carbocycles. The lowest BCUT2D eigenvalue weighted by atomic mass is 10.2. The Morgan fingerprint density at radius 2 is 2.18 bits per heavy atom. The molecule has 11 heavy (non-hydrogen) atoms. The number of hydrazine groups is 1. The van der Waals surface area contributed by atoms with Crippen molar-refractivity contribution in [2.75, 3.05) is 11.2 Å². The van der Waals surface area contributed by atoms with E-state index in [9.17, 15) is 0 Å². The Kier molecular flexibility index (Phi) is 2.03. The van der Waals surface area contributed by atoms with Gasteiger partial charge >= 0.3 is 0 Å². The van der Waals surface area contributed by atoms with Gasteiger partial charge in [-0.25, -0.2) is 5.53 Å². The molecule has 0 fully saturated rings. The first-order valence-corrected chi connectivity index (χ1v) is 3.01. The highest BCUT2D eigenvalue weighted by Crippen LogP contribution is 2.25. The van der Waals surface area contributed by atoms with Crippen molar-refractivity contribution in [1.29, 1.82) is 5.53 Å². The fourth-order valence-corrected chi connectivity index (χ4v) is 0.767. The molecule has 58 valence electrons. The zero-order valence-electron chi connectivity index (χ0n) is 5.83. The Balaban J connectivity index is 3.16. The van der Waals surface area contributed by atoms with Crippen LogP contribution in [-0.4, -0.2) is 0 Å². The predicted octanol–water partition coefficient (Wildman–Crippen LogP) is 1.22. The molecule has 0 unspecified atom stereocenters. The van der Waals surface area contributed by atoms with Crippen molar-refractivity contribution in [3.05, 3.63) is 18.2 Å². The van der Waals surface area contributed by atoms with Crippen LogP contribution in [-0.2, 0) is 0 Å². The third kappa shape index (κ3) is 1.44. The molecule has 0 bridgehead atoms. The summed E-state index contributed by atoms with van der Waals surface area (Å²) in [6.45, 7) is 0. The molecular weight excluding hydrogens is 142 g/mol. The van der Waals surface area contributed by atoms with Crippen LogP contribution in [0.15, 0.2) is 23.3 Å². The van der Waals surface area contributed by atoms with E-state index in [4.69, 9.17) is 17.1 Å². The van der Waals surface area contributed by atoms with Crippen LogP contribution in [0, 0.1) is 5.53 Å². The molecule has 0 aromatic heterocycles. The average Bonchev–Trinajstić information content (AvgIpc) is 2.04. The number of benzene rings is 1. The molecule has 5 heteroatoms. The highest BCUT2D eigenvalue weighted by atomic mass is 15.2. The van der Waals surface area contributed by atoms with Gasteiger partial charge in [-0.1, -0.05) is 0 Å². The molecule has 0 heterocycles. The lowest BCUT2D eigenvalue weighted by molar-refractivity contribution is 1.14. The van der Waals surface area contributed by atoms with Gasteiger partial charge in [-0.15, -0.1) is 0 Å². The summed E-state index contributed by atoms with van der Waals surface area (Å²) in [4.78, 5) is 0. The number of nitrogens with zero attached hydrogens (tertiary/aromatic N) is 1. The largest absolute Gasteiger partial charge is 0.399 e. The zero-order valence-corrected chi connectivity index (χ0v) is 5.83. The van der Waals surface area contributed by atoms with Gasteiger partial charge in [-0.2, -0.15) is 5.11 Å². The van der Waals surface area contributed by atoms with Crippen LogP contribution in [0.2, 0.25) is 0 Å². The molecule has 0 atom stereocenters. The molecule has 0 saturated heterocycles. The van der Waals surface area contributed by atoms with Crippen molar-refractivity contribution in [1.82, 2.24) is 0 Å². The minimum absolute atomic E-state index is 0.474. The van der Waals surface area contributed by atoms with Crippen LogP contribution >= 0.6 is 0 Å². The average molecular weight is 151 g/mol. The SMILES string of the molecule is N=Nc1ccc(N)cc1NN. The van der Waals surface area contributed by atoms with E-state index in [0.717, 1.165) is 0 Å². The van der Waals surface area contributed by atoms with Crippen molar-refractivity contribution in [3.63, 3.8) is 0 Å². The number of rotatable bonds is 2. The molecule has 0 amide bonds. The second-order valence-electron chi connectivity index (χ2n) is 2.03. The van der Waals surface area contributed by atoms with Crippen molar-refractivity contribution >= 4 is 17.1 Å². The highest BCUT2D eigenvalue weighted by Gasteiger charge is 1.98. The van der Waals surface area contributed by atoms with E-state index in [0.29, 0.717) is 17.1 Å². The Hall–Kier alpha value is -1.62. The first-order chi connectivity index (χ1) is 5.27. The van der Waals surface area contributed by atoms with Gasteiger partial charge < -0.3 is 11.2 Å². The van der Waals surface area contributed by atoms with Crippen molar-refractivity contribution in [3.8, 4) is 0 Å². The van der Waals surface area contributed by atoms with Gasteiger partial charge in [0, 0.05) is 5.69 Å². The van der Waals surface area contributed by atoms with Crippen LogP contribution < -0.4 is 17.0 Å². The first kappa shape index (κ1) is 7.49. The molecule has 0 saturated carbocycles. The molecule has 0 spiro atoms. The van der Waals surface area contributed by atoms with Crippen molar-refractivity contribution in [2.24, 2.45) is 11.0 Å². The standard InChI is InChI=1S/C6H9N5/c7-4-1-2-5(10-8)6(3-4)11-9/h1-3,8,11H,7,9H2. The maximum atomic E-state index is 6.75. The van der Waals surface area contributed by atoms with E-state index in [1.807, 2.05) is 0 Å². The third-order valence-corrected chi connectivity index (χ3v) is 1.30. The summed E-state index contributed by atoms with van der Waals surface area (Å²) in [6.07, 6.45) is 0. The molecule has 6 N–H and O–H groups in total. The Morgan fingerprint density at radius 3 is 2.73 bits per heavy atom. The van der Waals surface area contributed by atoms with Gasteiger partial charge in [0.25, 0.3) is 0 Å². The summed E-state index contributed by atoms with van der Waals surface area (Å²) in [5.74, 6) is 5.15. The first-order valence-electron chi connectivity index (χ1n) is 3.01. The number of nitrogens with two attached hydrogens (primary N) is 2. The fraction of sp³-hybridized carbons (Fsp3) is 0. The maximum Gasteiger partial charge on any atom is 0.110 e. The lowest BCUT2D eigenvalue weighted by Gasteiger charge is -2.03. The topological polar surface area (TPSA) is 100 Å². The summed E-state index contributed by atoms with van der Waals surface area (Å²) >= 11 is 0. The van der Waals surface area contributed by atoms with Crippen LogP contribution in [0.3, 0.4) is 0 Å². The molecule has 0 radical (unpaired) electrons. The molecule has 5 nitrogen and oxygen atoms in total.